The molecule has 1 N–H and O–H groups in total. The standard InChI is InChI=1S/C20H31N3O5S/c1-14-9-17(27-4)10-15(2)20(14)29(25,26)22(3)7-8-28-13-19(24)23-6-5-16-11-21-12-18(16)23/h9-10,16,18,21H,5-8,11-13H2,1-4H3/t16-,18+/m0/s1. The van der Waals surface area contributed by atoms with Crippen LogP contribution in [0.5, 0.6) is 5.75 Å². The van der Waals surface area contributed by atoms with Crippen molar-refractivity contribution in [3.05, 3.63) is 23.3 Å². The third kappa shape index (κ3) is 4.58. The maximum absolute atomic E-state index is 13.0. The largest absolute Gasteiger partial charge is 0.497 e. The Bertz CT molecular complexity index is 835. The number of carbonyl (C=O) groups is 1. The van der Waals surface area contributed by atoms with Crippen LogP contribution in [0.25, 0.3) is 0 Å². The number of sulfonamides is 1. The van der Waals surface area contributed by atoms with Gasteiger partial charge in [-0.3, -0.25) is 4.79 Å². The van der Waals surface area contributed by atoms with Gasteiger partial charge in [0.25, 0.3) is 0 Å². The lowest BCUT2D eigenvalue weighted by Gasteiger charge is -2.24. The van der Waals surface area contributed by atoms with Gasteiger partial charge in [0.15, 0.2) is 0 Å². The minimum atomic E-state index is -3.66. The van der Waals surface area contributed by atoms with E-state index < -0.39 is 10.0 Å². The number of hydrogen-bond acceptors (Lipinski definition) is 6. The number of amides is 1. The van der Waals surface area contributed by atoms with Crippen LogP contribution in [-0.4, -0.2) is 83.1 Å². The summed E-state index contributed by atoms with van der Waals surface area (Å²) >= 11 is 0. The van der Waals surface area contributed by atoms with E-state index in [1.54, 1.807) is 33.1 Å². The molecule has 2 aliphatic heterocycles. The van der Waals surface area contributed by atoms with Gasteiger partial charge in [0.2, 0.25) is 15.9 Å². The van der Waals surface area contributed by atoms with Crippen LogP contribution >= 0.6 is 0 Å². The Morgan fingerprint density at radius 2 is 1.97 bits per heavy atom. The van der Waals surface area contributed by atoms with E-state index in [1.807, 2.05) is 4.90 Å². The molecule has 0 radical (unpaired) electrons. The van der Waals surface area contributed by atoms with Gasteiger partial charge in [-0.15, -0.1) is 0 Å². The molecule has 0 aliphatic carbocycles. The number of carbonyl (C=O) groups excluding carboxylic acids is 1. The molecule has 0 bridgehead atoms. The lowest BCUT2D eigenvalue weighted by atomic mass is 10.1. The van der Waals surface area contributed by atoms with Crippen LogP contribution in [0.4, 0.5) is 0 Å². The quantitative estimate of drug-likeness (QED) is 0.619. The van der Waals surface area contributed by atoms with Gasteiger partial charge < -0.3 is 19.7 Å². The van der Waals surface area contributed by atoms with E-state index in [2.05, 4.69) is 5.32 Å². The number of nitrogens with one attached hydrogen (secondary N) is 1. The van der Waals surface area contributed by atoms with Crippen LogP contribution in [0.1, 0.15) is 17.5 Å². The zero-order chi connectivity index (χ0) is 21.2. The summed E-state index contributed by atoms with van der Waals surface area (Å²) in [4.78, 5) is 14.6. The SMILES string of the molecule is COc1cc(C)c(S(=O)(=O)N(C)CCOCC(=O)N2CC[C@H]3CNC[C@H]32)c(C)c1. The molecule has 9 heteroatoms. The first-order valence-corrected chi connectivity index (χ1v) is 11.4. The molecule has 1 aromatic carbocycles. The van der Waals surface area contributed by atoms with E-state index in [1.165, 1.54) is 11.4 Å². The normalized spacial score (nSPS) is 21.6. The molecule has 1 aromatic rings. The highest BCUT2D eigenvalue weighted by Gasteiger charge is 2.39. The van der Waals surface area contributed by atoms with Crippen LogP contribution in [0.3, 0.4) is 0 Å². The molecular formula is C20H31N3O5S. The second-order valence-corrected chi connectivity index (χ2v) is 9.81. The molecule has 8 nitrogen and oxygen atoms in total. The van der Waals surface area contributed by atoms with Crippen molar-refractivity contribution in [2.75, 3.05) is 53.6 Å². The van der Waals surface area contributed by atoms with Crippen molar-refractivity contribution >= 4 is 15.9 Å². The Balaban J connectivity index is 1.52. The molecule has 1 amide bonds. The molecule has 0 saturated carbocycles. The molecule has 2 aliphatic rings. The molecule has 3 rings (SSSR count). The van der Waals surface area contributed by atoms with Crippen molar-refractivity contribution in [2.24, 2.45) is 5.92 Å². The van der Waals surface area contributed by atoms with Gasteiger partial charge >= 0.3 is 0 Å². The Kier molecular flexibility index (Phi) is 6.83. The van der Waals surface area contributed by atoms with Gasteiger partial charge in [-0.05, 0) is 49.4 Å². The monoisotopic (exact) mass is 425 g/mol. The van der Waals surface area contributed by atoms with E-state index >= 15 is 0 Å². The minimum Gasteiger partial charge on any atom is -0.497 e. The Morgan fingerprint density at radius 3 is 2.62 bits per heavy atom. The highest BCUT2D eigenvalue weighted by Crippen LogP contribution is 2.28. The number of nitrogens with zero attached hydrogens (tertiary/aromatic N) is 2. The fourth-order valence-corrected chi connectivity index (χ4v) is 5.86. The summed E-state index contributed by atoms with van der Waals surface area (Å²) in [7, 11) is -0.578. The smallest absolute Gasteiger partial charge is 0.248 e. The zero-order valence-corrected chi connectivity index (χ0v) is 18.4. The van der Waals surface area contributed by atoms with Gasteiger partial charge in [0, 0.05) is 39.3 Å². The predicted octanol–water partition coefficient (Wildman–Crippen LogP) is 0.769. The first kappa shape index (κ1) is 22.0. The summed E-state index contributed by atoms with van der Waals surface area (Å²) in [6.45, 7) is 6.44. The van der Waals surface area contributed by atoms with Gasteiger partial charge in [0.1, 0.15) is 12.4 Å². The van der Waals surface area contributed by atoms with E-state index in [0.717, 1.165) is 26.1 Å². The van der Waals surface area contributed by atoms with Crippen molar-refractivity contribution in [3.8, 4) is 5.75 Å². The molecule has 2 atom stereocenters. The maximum atomic E-state index is 13.0. The lowest BCUT2D eigenvalue weighted by Crippen LogP contribution is -2.41. The second-order valence-electron chi connectivity index (χ2n) is 7.83. The molecule has 2 fully saturated rings. The topological polar surface area (TPSA) is 88.2 Å². The molecule has 2 saturated heterocycles. The number of likely N-dealkylation sites (N-methyl/N-ethyl adjacent to an activating group) is 1. The van der Waals surface area contributed by atoms with Gasteiger partial charge in [-0.1, -0.05) is 0 Å². The highest BCUT2D eigenvalue weighted by molar-refractivity contribution is 7.89. The highest BCUT2D eigenvalue weighted by atomic mass is 32.2. The Morgan fingerprint density at radius 1 is 1.28 bits per heavy atom. The van der Waals surface area contributed by atoms with Crippen LogP contribution in [-0.2, 0) is 19.6 Å². The number of ether oxygens (including phenoxy) is 2. The Labute approximate surface area is 173 Å². The molecule has 2 heterocycles. The Hall–Kier alpha value is -1.68. The van der Waals surface area contributed by atoms with E-state index in [9.17, 15) is 13.2 Å². The molecule has 0 spiro atoms. The van der Waals surface area contributed by atoms with Crippen molar-refractivity contribution < 1.29 is 22.7 Å². The first-order valence-electron chi connectivity index (χ1n) is 9.95. The lowest BCUT2D eigenvalue weighted by molar-refractivity contribution is -0.136. The van der Waals surface area contributed by atoms with Gasteiger partial charge in [-0.25, -0.2) is 8.42 Å². The number of aryl methyl sites for hydroxylation is 2. The summed E-state index contributed by atoms with van der Waals surface area (Å²) in [5.74, 6) is 1.16. The molecule has 29 heavy (non-hydrogen) atoms. The van der Waals surface area contributed by atoms with Gasteiger partial charge in [0.05, 0.1) is 18.6 Å². The second kappa shape index (κ2) is 8.99. The van der Waals surface area contributed by atoms with Crippen LogP contribution in [0, 0.1) is 19.8 Å². The van der Waals surface area contributed by atoms with Gasteiger partial charge in [-0.2, -0.15) is 4.31 Å². The van der Waals surface area contributed by atoms with Crippen LogP contribution < -0.4 is 10.1 Å². The average Bonchev–Trinajstić information content (AvgIpc) is 3.27. The number of fused-ring (bicyclic) bond motifs is 1. The van der Waals surface area contributed by atoms with Crippen molar-refractivity contribution in [3.63, 3.8) is 0 Å². The fourth-order valence-electron chi connectivity index (χ4n) is 4.31. The van der Waals surface area contributed by atoms with Crippen molar-refractivity contribution in [1.82, 2.24) is 14.5 Å². The molecular weight excluding hydrogens is 394 g/mol. The molecule has 162 valence electrons. The average molecular weight is 426 g/mol. The third-order valence-corrected chi connectivity index (χ3v) is 8.04. The fraction of sp³-hybridized carbons (Fsp3) is 0.650. The zero-order valence-electron chi connectivity index (χ0n) is 17.6. The summed E-state index contributed by atoms with van der Waals surface area (Å²) in [5, 5.41) is 3.32. The number of likely N-dealkylation sites (tertiary alicyclic amines) is 1. The summed E-state index contributed by atoms with van der Waals surface area (Å²) in [5.41, 5.74) is 1.28. The van der Waals surface area contributed by atoms with E-state index in [0.29, 0.717) is 22.8 Å². The van der Waals surface area contributed by atoms with Crippen LogP contribution in [0.15, 0.2) is 17.0 Å². The third-order valence-electron chi connectivity index (χ3n) is 5.88. The number of rotatable bonds is 8. The summed E-state index contributed by atoms with van der Waals surface area (Å²) in [6.07, 6.45) is 1.03. The van der Waals surface area contributed by atoms with E-state index in [-0.39, 0.29) is 36.6 Å². The number of benzene rings is 1. The maximum Gasteiger partial charge on any atom is 0.248 e. The summed E-state index contributed by atoms with van der Waals surface area (Å²) < 4.78 is 38.0. The van der Waals surface area contributed by atoms with E-state index in [4.69, 9.17) is 9.47 Å². The molecule has 0 aromatic heterocycles. The summed E-state index contributed by atoms with van der Waals surface area (Å²) in [6, 6.07) is 3.70. The first-order chi connectivity index (χ1) is 13.8. The van der Waals surface area contributed by atoms with Crippen molar-refractivity contribution in [1.29, 1.82) is 0 Å². The predicted molar refractivity (Wildman–Crippen MR) is 110 cm³/mol. The van der Waals surface area contributed by atoms with Crippen molar-refractivity contribution in [2.45, 2.75) is 31.2 Å². The molecule has 0 unspecified atom stereocenters. The van der Waals surface area contributed by atoms with Crippen LogP contribution in [0.2, 0.25) is 0 Å². The number of methoxy groups -OCH3 is 1. The minimum absolute atomic E-state index is 0.0162. The number of hydrogen-bond donors (Lipinski definition) is 1.